The SMILES string of the molecule is CCCCCCCCCCCCCCCCC(CCC)C(=O)CCOCCOP(=O)(O)O. The fourth-order valence-electron chi connectivity index (χ4n) is 4.09. The minimum atomic E-state index is -4.44. The number of rotatable bonds is 25. The van der Waals surface area contributed by atoms with Crippen LogP contribution >= 0.6 is 7.82 Å². The van der Waals surface area contributed by atoms with Crippen LogP contribution in [0.5, 0.6) is 0 Å². The van der Waals surface area contributed by atoms with Gasteiger partial charge in [0.15, 0.2) is 0 Å². The van der Waals surface area contributed by atoms with Crippen LogP contribution in [-0.2, 0) is 18.6 Å². The molecule has 0 amide bonds. The molecule has 0 saturated carbocycles. The fraction of sp³-hybridized carbons (Fsp3) is 0.960. The van der Waals surface area contributed by atoms with Crippen molar-refractivity contribution in [2.24, 2.45) is 5.92 Å². The van der Waals surface area contributed by atoms with Gasteiger partial charge >= 0.3 is 7.82 Å². The summed E-state index contributed by atoms with van der Waals surface area (Å²) in [6.07, 6.45) is 22.0. The molecule has 0 aliphatic carbocycles. The second-order valence-electron chi connectivity index (χ2n) is 9.02. The zero-order chi connectivity index (χ0) is 23.9. The summed E-state index contributed by atoms with van der Waals surface area (Å²) in [6.45, 7) is 4.57. The first-order chi connectivity index (χ1) is 15.4. The van der Waals surface area contributed by atoms with Crippen molar-refractivity contribution in [1.29, 1.82) is 0 Å². The first-order valence-corrected chi connectivity index (χ1v) is 14.7. The van der Waals surface area contributed by atoms with Gasteiger partial charge in [0.25, 0.3) is 0 Å². The maximum absolute atomic E-state index is 12.5. The molecule has 0 fully saturated rings. The molecule has 0 aliphatic heterocycles. The van der Waals surface area contributed by atoms with E-state index in [-0.39, 0.29) is 31.5 Å². The Labute approximate surface area is 197 Å². The fourth-order valence-corrected chi connectivity index (χ4v) is 4.41. The van der Waals surface area contributed by atoms with Gasteiger partial charge in [-0.3, -0.25) is 9.32 Å². The summed E-state index contributed by atoms with van der Waals surface area (Å²) in [5.41, 5.74) is 0. The van der Waals surface area contributed by atoms with E-state index in [2.05, 4.69) is 18.4 Å². The van der Waals surface area contributed by atoms with Gasteiger partial charge in [-0.05, 0) is 12.8 Å². The van der Waals surface area contributed by atoms with Gasteiger partial charge in [-0.25, -0.2) is 4.57 Å². The van der Waals surface area contributed by atoms with Gasteiger partial charge in [0.1, 0.15) is 5.78 Å². The van der Waals surface area contributed by atoms with Crippen LogP contribution in [-0.4, -0.2) is 35.4 Å². The Bertz CT molecular complexity index is 465. The quantitative estimate of drug-likeness (QED) is 0.105. The van der Waals surface area contributed by atoms with Gasteiger partial charge < -0.3 is 14.5 Å². The average molecular weight is 479 g/mol. The largest absolute Gasteiger partial charge is 0.469 e. The molecule has 0 aromatic heterocycles. The van der Waals surface area contributed by atoms with E-state index in [0.29, 0.717) is 6.42 Å². The summed E-state index contributed by atoms with van der Waals surface area (Å²) in [5.74, 6) is 0.365. The molecular formula is C25H51O6P. The standard InChI is InChI=1S/C25H51O6P/c1-3-5-6-7-8-9-10-11-12-13-14-15-16-17-19-24(18-4-2)25(26)20-21-30-22-23-31-32(27,28)29/h24H,3-23H2,1-2H3,(H2,27,28,29). The van der Waals surface area contributed by atoms with Gasteiger partial charge in [-0.1, -0.05) is 110 Å². The Hall–Kier alpha value is -0.260. The summed E-state index contributed by atoms with van der Waals surface area (Å²) in [5, 5.41) is 0. The summed E-state index contributed by atoms with van der Waals surface area (Å²) in [6, 6.07) is 0. The van der Waals surface area contributed by atoms with Crippen molar-refractivity contribution < 1.29 is 28.4 Å². The molecule has 0 heterocycles. The van der Waals surface area contributed by atoms with Crippen LogP contribution in [0.3, 0.4) is 0 Å². The zero-order valence-corrected chi connectivity index (χ0v) is 21.8. The highest BCUT2D eigenvalue weighted by atomic mass is 31.2. The van der Waals surface area contributed by atoms with Crippen molar-refractivity contribution in [1.82, 2.24) is 0 Å². The minimum absolute atomic E-state index is 0.0792. The van der Waals surface area contributed by atoms with Gasteiger partial charge in [-0.15, -0.1) is 0 Å². The number of carbonyl (C=O) groups excluding carboxylic acids is 1. The smallest absolute Gasteiger partial charge is 0.379 e. The third-order valence-electron chi connectivity index (χ3n) is 5.98. The van der Waals surface area contributed by atoms with E-state index in [1.165, 1.54) is 83.5 Å². The van der Waals surface area contributed by atoms with Crippen LogP contribution in [0.15, 0.2) is 0 Å². The highest BCUT2D eigenvalue weighted by Crippen LogP contribution is 2.35. The molecular weight excluding hydrogens is 427 g/mol. The number of phosphoric acid groups is 1. The zero-order valence-electron chi connectivity index (χ0n) is 20.9. The lowest BCUT2D eigenvalue weighted by Crippen LogP contribution is -2.17. The first kappa shape index (κ1) is 31.7. The highest BCUT2D eigenvalue weighted by molar-refractivity contribution is 7.46. The molecule has 2 N–H and O–H groups in total. The predicted molar refractivity (Wildman–Crippen MR) is 132 cm³/mol. The van der Waals surface area contributed by atoms with Gasteiger partial charge in [0.05, 0.1) is 19.8 Å². The minimum Gasteiger partial charge on any atom is -0.379 e. The van der Waals surface area contributed by atoms with Crippen molar-refractivity contribution in [3.63, 3.8) is 0 Å². The number of ether oxygens (including phenoxy) is 1. The van der Waals surface area contributed by atoms with Crippen LogP contribution < -0.4 is 0 Å². The Kier molecular flexibility index (Phi) is 22.3. The van der Waals surface area contributed by atoms with Gasteiger partial charge in [0.2, 0.25) is 0 Å². The molecule has 0 aliphatic rings. The molecule has 1 atom stereocenters. The molecule has 6 nitrogen and oxygen atoms in total. The topological polar surface area (TPSA) is 93.1 Å². The Morgan fingerprint density at radius 1 is 0.688 bits per heavy atom. The number of ketones is 1. The van der Waals surface area contributed by atoms with Gasteiger partial charge in [0, 0.05) is 12.3 Å². The van der Waals surface area contributed by atoms with E-state index in [0.717, 1.165) is 25.7 Å². The molecule has 0 saturated heterocycles. The van der Waals surface area contributed by atoms with Crippen molar-refractivity contribution in [2.45, 2.75) is 129 Å². The Balaban J connectivity index is 3.61. The van der Waals surface area contributed by atoms with Crippen molar-refractivity contribution in [3.05, 3.63) is 0 Å². The van der Waals surface area contributed by atoms with Crippen molar-refractivity contribution in [3.8, 4) is 0 Å². The molecule has 0 bridgehead atoms. The second kappa shape index (κ2) is 22.5. The van der Waals surface area contributed by atoms with Crippen molar-refractivity contribution >= 4 is 13.6 Å². The maximum atomic E-state index is 12.5. The van der Waals surface area contributed by atoms with Crippen molar-refractivity contribution in [2.75, 3.05) is 19.8 Å². The van der Waals surface area contributed by atoms with E-state index in [9.17, 15) is 9.36 Å². The van der Waals surface area contributed by atoms with Gasteiger partial charge in [-0.2, -0.15) is 0 Å². The van der Waals surface area contributed by atoms with Crippen LogP contribution in [0, 0.1) is 5.92 Å². The summed E-state index contributed by atoms with van der Waals surface area (Å²) < 4.78 is 20.1. The molecule has 1 unspecified atom stereocenters. The normalized spacial score (nSPS) is 12.9. The Morgan fingerprint density at radius 3 is 1.66 bits per heavy atom. The maximum Gasteiger partial charge on any atom is 0.469 e. The van der Waals surface area contributed by atoms with E-state index >= 15 is 0 Å². The lowest BCUT2D eigenvalue weighted by Gasteiger charge is -2.15. The van der Waals surface area contributed by atoms with Crippen LogP contribution in [0.4, 0.5) is 0 Å². The number of Topliss-reactive ketones (excluding diaryl/α,β-unsaturated/α-hetero) is 1. The molecule has 0 radical (unpaired) electrons. The molecule has 32 heavy (non-hydrogen) atoms. The summed E-state index contributed by atoms with van der Waals surface area (Å²) >= 11 is 0. The second-order valence-corrected chi connectivity index (χ2v) is 10.3. The monoisotopic (exact) mass is 478 g/mol. The Morgan fingerprint density at radius 2 is 1.19 bits per heavy atom. The van der Waals surface area contributed by atoms with Crippen LogP contribution in [0.1, 0.15) is 129 Å². The molecule has 7 heteroatoms. The molecule has 192 valence electrons. The van der Waals surface area contributed by atoms with Crippen LogP contribution in [0.2, 0.25) is 0 Å². The molecule has 0 spiro atoms. The molecule has 0 aromatic carbocycles. The number of hydrogen-bond acceptors (Lipinski definition) is 4. The number of carbonyl (C=O) groups is 1. The number of phosphoric ester groups is 1. The number of unbranched alkanes of at least 4 members (excludes halogenated alkanes) is 13. The molecule has 0 rings (SSSR count). The summed E-state index contributed by atoms with van der Waals surface area (Å²) in [7, 11) is -4.44. The molecule has 0 aromatic rings. The average Bonchev–Trinajstić information content (AvgIpc) is 2.74. The predicted octanol–water partition coefficient (Wildman–Crippen LogP) is 7.36. The first-order valence-electron chi connectivity index (χ1n) is 13.2. The van der Waals surface area contributed by atoms with E-state index in [1.54, 1.807) is 0 Å². The number of hydrogen-bond donors (Lipinski definition) is 2. The van der Waals surface area contributed by atoms with Crippen LogP contribution in [0.25, 0.3) is 0 Å². The summed E-state index contributed by atoms with van der Waals surface area (Å²) in [4.78, 5) is 29.7. The lowest BCUT2D eigenvalue weighted by molar-refractivity contribution is -0.124. The highest BCUT2D eigenvalue weighted by Gasteiger charge is 2.17. The van der Waals surface area contributed by atoms with E-state index in [1.807, 2.05) is 0 Å². The van der Waals surface area contributed by atoms with E-state index in [4.69, 9.17) is 14.5 Å². The lowest BCUT2D eigenvalue weighted by atomic mass is 9.90. The third kappa shape index (κ3) is 22.9. The van der Waals surface area contributed by atoms with E-state index < -0.39 is 7.82 Å². The third-order valence-corrected chi connectivity index (χ3v) is 6.50.